The number of hydrogen-bond donors (Lipinski definition) is 1. The second-order valence-corrected chi connectivity index (χ2v) is 2.29. The first-order valence-electron chi connectivity index (χ1n) is 3.79. The standard InChI is InChI=1S/C9H15NO/c1-4-8(3)6-7-10-9(11)5-2/h4,6-7H,5H2,1-3H3,(H,10,11)/b7-6+,8-4-. The average molecular weight is 153 g/mol. The summed E-state index contributed by atoms with van der Waals surface area (Å²) in [4.78, 5) is 10.7. The van der Waals surface area contributed by atoms with Crippen LogP contribution in [0, 0.1) is 0 Å². The van der Waals surface area contributed by atoms with Gasteiger partial charge in [-0.1, -0.05) is 18.6 Å². The van der Waals surface area contributed by atoms with Crippen LogP contribution in [-0.2, 0) is 4.79 Å². The van der Waals surface area contributed by atoms with Gasteiger partial charge in [0.05, 0.1) is 0 Å². The van der Waals surface area contributed by atoms with Crippen LogP contribution in [0.3, 0.4) is 0 Å². The summed E-state index contributed by atoms with van der Waals surface area (Å²) in [7, 11) is 0. The lowest BCUT2D eigenvalue weighted by Crippen LogP contribution is -2.14. The number of hydrogen-bond acceptors (Lipinski definition) is 1. The van der Waals surface area contributed by atoms with Crippen LogP contribution in [0.4, 0.5) is 0 Å². The summed E-state index contributed by atoms with van der Waals surface area (Å²) in [5.41, 5.74) is 1.14. The van der Waals surface area contributed by atoms with Gasteiger partial charge in [0, 0.05) is 12.6 Å². The second kappa shape index (κ2) is 5.71. The lowest BCUT2D eigenvalue weighted by Gasteiger charge is -1.93. The summed E-state index contributed by atoms with van der Waals surface area (Å²) < 4.78 is 0. The number of rotatable bonds is 3. The molecule has 1 N–H and O–H groups in total. The van der Waals surface area contributed by atoms with Crippen LogP contribution in [0.1, 0.15) is 27.2 Å². The molecule has 0 radical (unpaired) electrons. The van der Waals surface area contributed by atoms with Gasteiger partial charge in [-0.3, -0.25) is 4.79 Å². The van der Waals surface area contributed by atoms with E-state index in [2.05, 4.69) is 5.32 Å². The fourth-order valence-electron chi connectivity index (χ4n) is 0.464. The Balaban J connectivity index is 3.69. The molecule has 0 aliphatic rings. The van der Waals surface area contributed by atoms with Crippen molar-refractivity contribution in [3.63, 3.8) is 0 Å². The van der Waals surface area contributed by atoms with Crippen molar-refractivity contribution in [2.24, 2.45) is 0 Å². The van der Waals surface area contributed by atoms with Crippen molar-refractivity contribution in [1.82, 2.24) is 5.32 Å². The molecule has 0 aromatic rings. The molecule has 0 heterocycles. The van der Waals surface area contributed by atoms with E-state index in [9.17, 15) is 4.79 Å². The smallest absolute Gasteiger partial charge is 0.223 e. The highest BCUT2D eigenvalue weighted by Crippen LogP contribution is 1.91. The Morgan fingerprint density at radius 1 is 1.55 bits per heavy atom. The summed E-state index contributed by atoms with van der Waals surface area (Å²) in [5.74, 6) is 0.0464. The highest BCUT2D eigenvalue weighted by Gasteiger charge is 1.88. The molecule has 62 valence electrons. The van der Waals surface area contributed by atoms with Gasteiger partial charge in [0.15, 0.2) is 0 Å². The number of nitrogens with one attached hydrogen (secondary N) is 1. The maximum atomic E-state index is 10.7. The van der Waals surface area contributed by atoms with E-state index in [0.29, 0.717) is 6.42 Å². The zero-order valence-corrected chi connectivity index (χ0v) is 7.35. The van der Waals surface area contributed by atoms with Crippen molar-refractivity contribution in [2.75, 3.05) is 0 Å². The van der Waals surface area contributed by atoms with Gasteiger partial charge in [-0.15, -0.1) is 0 Å². The van der Waals surface area contributed by atoms with Gasteiger partial charge in [0.2, 0.25) is 5.91 Å². The highest BCUT2D eigenvalue weighted by atomic mass is 16.1. The largest absolute Gasteiger partial charge is 0.333 e. The molecule has 0 saturated carbocycles. The van der Waals surface area contributed by atoms with Crippen molar-refractivity contribution >= 4 is 5.91 Å². The van der Waals surface area contributed by atoms with Crippen LogP contribution in [-0.4, -0.2) is 5.91 Å². The normalized spacial score (nSPS) is 12.1. The third-order valence-electron chi connectivity index (χ3n) is 1.37. The molecule has 0 aromatic heterocycles. The van der Waals surface area contributed by atoms with Gasteiger partial charge in [-0.2, -0.15) is 0 Å². The molecule has 0 aliphatic carbocycles. The van der Waals surface area contributed by atoms with E-state index in [4.69, 9.17) is 0 Å². The van der Waals surface area contributed by atoms with E-state index in [0.717, 1.165) is 5.57 Å². The number of allylic oxidation sites excluding steroid dienone is 3. The summed E-state index contributed by atoms with van der Waals surface area (Å²) in [5, 5.41) is 2.64. The monoisotopic (exact) mass is 153 g/mol. The first-order chi connectivity index (χ1) is 5.20. The lowest BCUT2D eigenvalue weighted by molar-refractivity contribution is -0.119. The molecule has 0 aliphatic heterocycles. The summed E-state index contributed by atoms with van der Waals surface area (Å²) in [6.45, 7) is 5.77. The number of carbonyl (C=O) groups excluding carboxylic acids is 1. The highest BCUT2D eigenvalue weighted by molar-refractivity contribution is 5.76. The number of carbonyl (C=O) groups is 1. The van der Waals surface area contributed by atoms with Gasteiger partial charge >= 0.3 is 0 Å². The van der Waals surface area contributed by atoms with E-state index in [1.807, 2.05) is 32.9 Å². The van der Waals surface area contributed by atoms with Crippen molar-refractivity contribution in [3.8, 4) is 0 Å². The van der Waals surface area contributed by atoms with E-state index < -0.39 is 0 Å². The van der Waals surface area contributed by atoms with E-state index in [-0.39, 0.29) is 5.91 Å². The van der Waals surface area contributed by atoms with Crippen LogP contribution in [0.25, 0.3) is 0 Å². The third kappa shape index (κ3) is 5.40. The molecule has 0 rings (SSSR count). The molecule has 1 amide bonds. The van der Waals surface area contributed by atoms with Gasteiger partial charge < -0.3 is 5.32 Å². The second-order valence-electron chi connectivity index (χ2n) is 2.29. The van der Waals surface area contributed by atoms with E-state index in [1.165, 1.54) is 0 Å². The maximum Gasteiger partial charge on any atom is 0.223 e. The van der Waals surface area contributed by atoms with Crippen molar-refractivity contribution in [1.29, 1.82) is 0 Å². The first-order valence-corrected chi connectivity index (χ1v) is 3.79. The minimum atomic E-state index is 0.0464. The van der Waals surface area contributed by atoms with Crippen molar-refractivity contribution in [2.45, 2.75) is 27.2 Å². The summed E-state index contributed by atoms with van der Waals surface area (Å²) >= 11 is 0. The first kappa shape index (κ1) is 9.95. The summed E-state index contributed by atoms with van der Waals surface area (Å²) in [6.07, 6.45) is 6.04. The Morgan fingerprint density at radius 2 is 2.18 bits per heavy atom. The third-order valence-corrected chi connectivity index (χ3v) is 1.37. The SMILES string of the molecule is C/C=C(C)\C=C\NC(=O)CC. The average Bonchev–Trinajstić information content (AvgIpc) is 2.04. The summed E-state index contributed by atoms with van der Waals surface area (Å²) in [6, 6.07) is 0. The fourth-order valence-corrected chi connectivity index (χ4v) is 0.464. The minimum Gasteiger partial charge on any atom is -0.333 e. The van der Waals surface area contributed by atoms with Crippen LogP contribution in [0.2, 0.25) is 0 Å². The molecule has 0 atom stereocenters. The molecular weight excluding hydrogens is 138 g/mol. The molecule has 2 heteroatoms. The Morgan fingerprint density at radius 3 is 2.64 bits per heavy atom. The van der Waals surface area contributed by atoms with Crippen LogP contribution in [0.15, 0.2) is 23.9 Å². The molecule has 0 unspecified atom stereocenters. The van der Waals surface area contributed by atoms with Crippen LogP contribution in [0.5, 0.6) is 0 Å². The predicted octanol–water partition coefficient (Wildman–Crippen LogP) is 1.99. The number of amides is 1. The molecule has 0 aromatic carbocycles. The molecule has 0 saturated heterocycles. The Hall–Kier alpha value is -1.05. The zero-order chi connectivity index (χ0) is 8.69. The molecule has 0 bridgehead atoms. The molecule has 0 spiro atoms. The minimum absolute atomic E-state index is 0.0464. The maximum absolute atomic E-state index is 10.7. The lowest BCUT2D eigenvalue weighted by atomic mass is 10.3. The quantitative estimate of drug-likeness (QED) is 0.617. The van der Waals surface area contributed by atoms with Gasteiger partial charge in [0.1, 0.15) is 0 Å². The van der Waals surface area contributed by atoms with Crippen LogP contribution < -0.4 is 5.32 Å². The van der Waals surface area contributed by atoms with Gasteiger partial charge in [0.25, 0.3) is 0 Å². The Bertz CT molecular complexity index is 180. The molecular formula is C9H15NO. The van der Waals surface area contributed by atoms with Crippen molar-refractivity contribution < 1.29 is 4.79 Å². The van der Waals surface area contributed by atoms with Crippen molar-refractivity contribution in [3.05, 3.63) is 23.9 Å². The fraction of sp³-hybridized carbons (Fsp3) is 0.444. The zero-order valence-electron chi connectivity index (χ0n) is 7.35. The topological polar surface area (TPSA) is 29.1 Å². The molecule has 11 heavy (non-hydrogen) atoms. The van der Waals surface area contributed by atoms with Gasteiger partial charge in [-0.25, -0.2) is 0 Å². The molecule has 0 fully saturated rings. The van der Waals surface area contributed by atoms with E-state index >= 15 is 0 Å². The van der Waals surface area contributed by atoms with Crippen LogP contribution >= 0.6 is 0 Å². The predicted molar refractivity (Wildman–Crippen MR) is 47.0 cm³/mol. The van der Waals surface area contributed by atoms with E-state index in [1.54, 1.807) is 6.20 Å². The Labute approximate surface area is 68.0 Å². The Kier molecular flexibility index (Phi) is 5.17. The molecule has 2 nitrogen and oxygen atoms in total. The van der Waals surface area contributed by atoms with Gasteiger partial charge in [-0.05, 0) is 19.9 Å².